The molecule has 1 fully saturated rings. The zero-order valence-corrected chi connectivity index (χ0v) is 17.5. The molecule has 1 N–H and O–H groups in total. The lowest BCUT2D eigenvalue weighted by Crippen LogP contribution is -2.45. The number of amides is 1. The highest BCUT2D eigenvalue weighted by Crippen LogP contribution is 2.30. The van der Waals surface area contributed by atoms with Gasteiger partial charge in [-0.1, -0.05) is 29.3 Å². The molecule has 0 saturated carbocycles. The van der Waals surface area contributed by atoms with Crippen LogP contribution in [0.5, 0.6) is 5.75 Å². The molecule has 0 bridgehead atoms. The minimum absolute atomic E-state index is 0.0869. The molecule has 2 aromatic carbocycles. The van der Waals surface area contributed by atoms with E-state index in [2.05, 4.69) is 15.2 Å². The molecule has 1 aromatic heterocycles. The molecule has 0 radical (unpaired) electrons. The van der Waals surface area contributed by atoms with E-state index in [-0.39, 0.29) is 11.9 Å². The maximum absolute atomic E-state index is 12.6. The number of halogens is 2. The Morgan fingerprint density at radius 2 is 1.97 bits per heavy atom. The number of rotatable bonds is 4. The number of nitrogens with one attached hydrogen (secondary N) is 1. The molecule has 0 unspecified atom stereocenters. The molecule has 29 heavy (non-hydrogen) atoms. The zero-order chi connectivity index (χ0) is 20.4. The number of anilines is 1. The number of pyridine rings is 1. The molecule has 0 spiro atoms. The number of carbonyl (C=O) groups is 1. The maximum Gasteiger partial charge on any atom is 0.253 e. The normalized spacial score (nSPS) is 14.8. The fourth-order valence-electron chi connectivity index (χ4n) is 3.70. The van der Waals surface area contributed by atoms with Gasteiger partial charge in [-0.05, 0) is 54.6 Å². The van der Waals surface area contributed by atoms with Gasteiger partial charge >= 0.3 is 0 Å². The van der Waals surface area contributed by atoms with Crippen molar-refractivity contribution in [2.24, 2.45) is 0 Å². The molecule has 1 aliphatic rings. The van der Waals surface area contributed by atoms with Crippen molar-refractivity contribution in [3.05, 3.63) is 64.3 Å². The van der Waals surface area contributed by atoms with Gasteiger partial charge in [0.2, 0.25) is 0 Å². The highest BCUT2D eigenvalue weighted by molar-refractivity contribution is 6.43. The van der Waals surface area contributed by atoms with E-state index in [1.807, 2.05) is 30.5 Å². The van der Waals surface area contributed by atoms with Crippen LogP contribution in [0, 0.1) is 0 Å². The number of aromatic nitrogens is 1. The summed E-state index contributed by atoms with van der Waals surface area (Å²) in [6.07, 6.45) is 3.49. The molecule has 4 rings (SSSR count). The molecule has 0 atom stereocenters. The van der Waals surface area contributed by atoms with E-state index in [0.29, 0.717) is 15.6 Å². The van der Waals surface area contributed by atoms with Crippen LogP contribution in [0.1, 0.15) is 23.2 Å². The van der Waals surface area contributed by atoms with Gasteiger partial charge in [-0.3, -0.25) is 4.79 Å². The predicted octanol–water partition coefficient (Wildman–Crippen LogP) is 4.95. The number of ether oxygens (including phenoxy) is 1. The summed E-state index contributed by atoms with van der Waals surface area (Å²) in [4.78, 5) is 19.5. The molecule has 150 valence electrons. The SMILES string of the molecule is COc1ccc2c(N3CCC(NC(=O)c4cccc(Cl)c4Cl)CC3)nccc2c1. The lowest BCUT2D eigenvalue weighted by atomic mass is 10.0. The summed E-state index contributed by atoms with van der Waals surface area (Å²) in [6, 6.07) is 13.2. The van der Waals surface area contributed by atoms with Gasteiger partial charge in [0.25, 0.3) is 5.91 Å². The number of hydrogen-bond acceptors (Lipinski definition) is 4. The van der Waals surface area contributed by atoms with E-state index in [1.54, 1.807) is 25.3 Å². The van der Waals surface area contributed by atoms with Gasteiger partial charge in [0.15, 0.2) is 0 Å². The average Bonchev–Trinajstić information content (AvgIpc) is 2.75. The third kappa shape index (κ3) is 4.11. The number of fused-ring (bicyclic) bond motifs is 1. The van der Waals surface area contributed by atoms with Gasteiger partial charge in [0.05, 0.1) is 22.7 Å². The lowest BCUT2D eigenvalue weighted by molar-refractivity contribution is 0.0931. The number of methoxy groups -OCH3 is 1. The molecular formula is C22H21Cl2N3O2. The van der Waals surface area contributed by atoms with Crippen LogP contribution < -0.4 is 15.0 Å². The van der Waals surface area contributed by atoms with Crippen molar-refractivity contribution in [2.75, 3.05) is 25.1 Å². The maximum atomic E-state index is 12.6. The van der Waals surface area contributed by atoms with Crippen molar-refractivity contribution in [1.82, 2.24) is 10.3 Å². The minimum Gasteiger partial charge on any atom is -0.497 e. The second-order valence-corrected chi connectivity index (χ2v) is 7.84. The molecule has 7 heteroatoms. The fourth-order valence-corrected chi connectivity index (χ4v) is 4.08. The Labute approximate surface area is 179 Å². The van der Waals surface area contributed by atoms with Gasteiger partial charge in [0.1, 0.15) is 11.6 Å². The van der Waals surface area contributed by atoms with Crippen LogP contribution in [0.3, 0.4) is 0 Å². The van der Waals surface area contributed by atoms with Crippen molar-refractivity contribution >= 4 is 45.7 Å². The predicted molar refractivity (Wildman–Crippen MR) is 117 cm³/mol. The first-order chi connectivity index (χ1) is 14.1. The van der Waals surface area contributed by atoms with Gasteiger partial charge in [0, 0.05) is 30.7 Å². The lowest BCUT2D eigenvalue weighted by Gasteiger charge is -2.33. The Kier molecular flexibility index (Phi) is 5.79. The third-order valence-electron chi connectivity index (χ3n) is 5.28. The van der Waals surface area contributed by atoms with Crippen molar-refractivity contribution < 1.29 is 9.53 Å². The monoisotopic (exact) mass is 429 g/mol. The van der Waals surface area contributed by atoms with Crippen molar-refractivity contribution in [3.63, 3.8) is 0 Å². The number of piperidine rings is 1. The Bertz CT molecular complexity index is 1050. The average molecular weight is 430 g/mol. The van der Waals surface area contributed by atoms with Crippen LogP contribution in [0.15, 0.2) is 48.7 Å². The number of benzene rings is 2. The van der Waals surface area contributed by atoms with Gasteiger partial charge in [-0.25, -0.2) is 4.98 Å². The zero-order valence-electron chi connectivity index (χ0n) is 16.0. The topological polar surface area (TPSA) is 54.5 Å². The van der Waals surface area contributed by atoms with E-state index < -0.39 is 0 Å². The first kappa shape index (κ1) is 19.8. The molecule has 1 saturated heterocycles. The second kappa shape index (κ2) is 8.47. The van der Waals surface area contributed by atoms with E-state index in [9.17, 15) is 4.79 Å². The molecule has 1 amide bonds. The smallest absolute Gasteiger partial charge is 0.253 e. The number of nitrogens with zero attached hydrogens (tertiary/aromatic N) is 2. The van der Waals surface area contributed by atoms with Crippen LogP contribution in [0.2, 0.25) is 10.0 Å². The second-order valence-electron chi connectivity index (χ2n) is 7.06. The Hall–Kier alpha value is -2.50. The first-order valence-corrected chi connectivity index (χ1v) is 10.2. The Morgan fingerprint density at radius 1 is 1.17 bits per heavy atom. The summed E-state index contributed by atoms with van der Waals surface area (Å²) in [6.45, 7) is 1.62. The molecule has 0 aliphatic carbocycles. The highest BCUT2D eigenvalue weighted by Gasteiger charge is 2.24. The van der Waals surface area contributed by atoms with E-state index in [1.165, 1.54) is 0 Å². The van der Waals surface area contributed by atoms with Gasteiger partial charge in [-0.2, -0.15) is 0 Å². The highest BCUT2D eigenvalue weighted by atomic mass is 35.5. The Balaban J connectivity index is 1.44. The van der Waals surface area contributed by atoms with Crippen LogP contribution >= 0.6 is 23.2 Å². The summed E-state index contributed by atoms with van der Waals surface area (Å²) in [5, 5.41) is 5.95. The largest absolute Gasteiger partial charge is 0.497 e. The van der Waals surface area contributed by atoms with Crippen LogP contribution in [0.25, 0.3) is 10.8 Å². The molecular weight excluding hydrogens is 409 g/mol. The summed E-state index contributed by atoms with van der Waals surface area (Å²) in [5.74, 6) is 1.61. The van der Waals surface area contributed by atoms with Gasteiger partial charge in [-0.15, -0.1) is 0 Å². The number of hydrogen-bond donors (Lipinski definition) is 1. The summed E-state index contributed by atoms with van der Waals surface area (Å²) >= 11 is 12.2. The summed E-state index contributed by atoms with van der Waals surface area (Å²) in [5.41, 5.74) is 0.409. The first-order valence-electron chi connectivity index (χ1n) is 9.49. The quantitative estimate of drug-likeness (QED) is 0.637. The van der Waals surface area contributed by atoms with Crippen LogP contribution in [-0.4, -0.2) is 37.1 Å². The van der Waals surface area contributed by atoms with Crippen LogP contribution in [-0.2, 0) is 0 Å². The van der Waals surface area contributed by atoms with Crippen molar-refractivity contribution in [1.29, 1.82) is 0 Å². The van der Waals surface area contributed by atoms with Crippen molar-refractivity contribution in [2.45, 2.75) is 18.9 Å². The van der Waals surface area contributed by atoms with Gasteiger partial charge < -0.3 is 15.0 Å². The standard InChI is InChI=1S/C22H21Cl2N3O2/c1-29-16-5-6-17-14(13-16)7-10-25-21(17)27-11-8-15(9-12-27)26-22(28)18-3-2-4-19(23)20(18)24/h2-7,10,13,15H,8-9,11-12H2,1H3,(H,26,28). The summed E-state index contributed by atoms with van der Waals surface area (Å²) in [7, 11) is 1.67. The Morgan fingerprint density at radius 3 is 2.72 bits per heavy atom. The molecule has 3 aromatic rings. The molecule has 2 heterocycles. The number of carbonyl (C=O) groups excluding carboxylic acids is 1. The third-order valence-corrected chi connectivity index (χ3v) is 6.10. The van der Waals surface area contributed by atoms with Crippen molar-refractivity contribution in [3.8, 4) is 5.75 Å². The molecule has 1 aliphatic heterocycles. The van der Waals surface area contributed by atoms with E-state index in [4.69, 9.17) is 27.9 Å². The van der Waals surface area contributed by atoms with E-state index >= 15 is 0 Å². The van der Waals surface area contributed by atoms with Crippen LogP contribution in [0.4, 0.5) is 5.82 Å². The minimum atomic E-state index is -0.189. The van der Waals surface area contributed by atoms with E-state index in [0.717, 1.165) is 48.3 Å². The summed E-state index contributed by atoms with van der Waals surface area (Å²) < 4.78 is 5.32. The fraction of sp³-hybridized carbons (Fsp3) is 0.273. The molecule has 5 nitrogen and oxygen atoms in total.